The molecule has 0 fully saturated rings. The highest BCUT2D eigenvalue weighted by Crippen LogP contribution is 2.09. The Kier molecular flexibility index (Phi) is 3.70. The Hall–Kier alpha value is -1.47. The Labute approximate surface area is 107 Å². The summed E-state index contributed by atoms with van der Waals surface area (Å²) in [4.78, 5) is 15.5. The Bertz CT molecular complexity index is 492. The monoisotopic (exact) mass is 273 g/mol. The molecule has 1 N–H and O–H groups in total. The van der Waals surface area contributed by atoms with Gasteiger partial charge >= 0.3 is 0 Å². The molecule has 2 heterocycles. The molecule has 0 radical (unpaired) electrons. The molecule has 9 heteroatoms. The molecule has 0 atom stereocenters. The van der Waals surface area contributed by atoms with Gasteiger partial charge in [-0.05, 0) is 23.2 Å². The van der Waals surface area contributed by atoms with Crippen molar-refractivity contribution in [1.29, 1.82) is 0 Å². The fourth-order valence-electron chi connectivity index (χ4n) is 1.19. The quantitative estimate of drug-likeness (QED) is 0.894. The molecule has 0 amide bonds. The third-order valence-corrected chi connectivity index (χ3v) is 2.20. The minimum absolute atomic E-state index is 0.0588. The van der Waals surface area contributed by atoms with Crippen molar-refractivity contribution in [3.05, 3.63) is 22.7 Å². The fourth-order valence-corrected chi connectivity index (χ4v) is 1.55. The number of nitrogens with one attached hydrogen (secondary N) is 1. The predicted octanol–water partition coefficient (Wildman–Crippen LogP) is 0.961. The van der Waals surface area contributed by atoms with E-state index in [1.165, 1.54) is 0 Å². The number of rotatable bonds is 4. The summed E-state index contributed by atoms with van der Waals surface area (Å²) >= 11 is 11.3. The Morgan fingerprint density at radius 2 is 1.94 bits per heavy atom. The minimum atomic E-state index is 0.0588. The van der Waals surface area contributed by atoms with E-state index in [4.69, 9.17) is 23.2 Å². The van der Waals surface area contributed by atoms with Gasteiger partial charge < -0.3 is 5.32 Å². The number of hydrogen-bond donors (Lipinski definition) is 1. The van der Waals surface area contributed by atoms with Crippen molar-refractivity contribution in [3.8, 4) is 0 Å². The van der Waals surface area contributed by atoms with Crippen LogP contribution in [0.2, 0.25) is 10.6 Å². The van der Waals surface area contributed by atoms with E-state index in [0.29, 0.717) is 18.9 Å². The standard InChI is InChI=1S/C8H9Cl2N7/c1-17-4-12-5(16-17)2-3-11-8-14-6(9)13-7(10)15-8/h4H,2-3H2,1H3,(H,11,13,14,15). The van der Waals surface area contributed by atoms with Gasteiger partial charge in [0.1, 0.15) is 6.33 Å². The van der Waals surface area contributed by atoms with Crippen molar-refractivity contribution in [1.82, 2.24) is 29.7 Å². The van der Waals surface area contributed by atoms with Crippen LogP contribution >= 0.6 is 23.2 Å². The van der Waals surface area contributed by atoms with Gasteiger partial charge in [-0.3, -0.25) is 4.68 Å². The lowest BCUT2D eigenvalue weighted by Crippen LogP contribution is -2.09. The summed E-state index contributed by atoms with van der Waals surface area (Å²) < 4.78 is 1.64. The van der Waals surface area contributed by atoms with E-state index in [1.807, 2.05) is 7.05 Å². The smallest absolute Gasteiger partial charge is 0.228 e. The molecule has 2 rings (SSSR count). The number of aromatic nitrogens is 6. The number of nitrogens with zero attached hydrogens (tertiary/aromatic N) is 6. The molecule has 2 aromatic rings. The van der Waals surface area contributed by atoms with E-state index in [1.54, 1.807) is 11.0 Å². The molecular formula is C8H9Cl2N7. The van der Waals surface area contributed by atoms with Crippen molar-refractivity contribution in [2.45, 2.75) is 6.42 Å². The number of aryl methyl sites for hydroxylation is 1. The van der Waals surface area contributed by atoms with Crippen LogP contribution in [0.15, 0.2) is 6.33 Å². The van der Waals surface area contributed by atoms with Crippen LogP contribution in [-0.4, -0.2) is 36.3 Å². The number of anilines is 1. The maximum atomic E-state index is 5.63. The maximum Gasteiger partial charge on any atom is 0.228 e. The van der Waals surface area contributed by atoms with Crippen LogP contribution in [0.25, 0.3) is 0 Å². The van der Waals surface area contributed by atoms with Crippen molar-refractivity contribution in [2.75, 3.05) is 11.9 Å². The molecule has 0 unspecified atom stereocenters. The lowest BCUT2D eigenvalue weighted by molar-refractivity contribution is 0.741. The lowest BCUT2D eigenvalue weighted by Gasteiger charge is -2.02. The first kappa shape index (κ1) is 12.0. The van der Waals surface area contributed by atoms with Gasteiger partial charge in [0.05, 0.1) is 0 Å². The molecule has 0 bridgehead atoms. The third kappa shape index (κ3) is 3.50. The van der Waals surface area contributed by atoms with Crippen LogP contribution in [0.1, 0.15) is 5.82 Å². The van der Waals surface area contributed by atoms with Crippen molar-refractivity contribution in [2.24, 2.45) is 7.05 Å². The summed E-state index contributed by atoms with van der Waals surface area (Å²) in [6, 6.07) is 0. The van der Waals surface area contributed by atoms with E-state index in [9.17, 15) is 0 Å². The average molecular weight is 274 g/mol. The second-order valence-corrected chi connectivity index (χ2v) is 3.88. The fraction of sp³-hybridized carbons (Fsp3) is 0.375. The van der Waals surface area contributed by atoms with Crippen molar-refractivity contribution < 1.29 is 0 Å². The van der Waals surface area contributed by atoms with Gasteiger partial charge in [0.25, 0.3) is 0 Å². The van der Waals surface area contributed by atoms with Gasteiger partial charge in [-0.1, -0.05) is 0 Å². The van der Waals surface area contributed by atoms with Crippen LogP contribution in [0.5, 0.6) is 0 Å². The predicted molar refractivity (Wildman–Crippen MR) is 63.0 cm³/mol. The zero-order valence-corrected chi connectivity index (χ0v) is 10.4. The van der Waals surface area contributed by atoms with Crippen molar-refractivity contribution >= 4 is 29.2 Å². The van der Waals surface area contributed by atoms with Crippen LogP contribution in [0.4, 0.5) is 5.95 Å². The largest absolute Gasteiger partial charge is 0.354 e. The number of hydrogen-bond acceptors (Lipinski definition) is 6. The zero-order chi connectivity index (χ0) is 12.3. The van der Waals surface area contributed by atoms with Gasteiger partial charge in [0, 0.05) is 20.0 Å². The van der Waals surface area contributed by atoms with Crippen molar-refractivity contribution in [3.63, 3.8) is 0 Å². The van der Waals surface area contributed by atoms with E-state index in [0.717, 1.165) is 5.82 Å². The highest BCUT2D eigenvalue weighted by molar-refractivity contribution is 6.31. The summed E-state index contributed by atoms with van der Waals surface area (Å²) in [5.74, 6) is 1.08. The Morgan fingerprint density at radius 3 is 2.53 bits per heavy atom. The molecule has 17 heavy (non-hydrogen) atoms. The molecule has 0 aliphatic heterocycles. The first-order valence-corrected chi connectivity index (χ1v) is 5.54. The number of halogens is 2. The molecule has 0 aromatic carbocycles. The molecule has 0 spiro atoms. The highest BCUT2D eigenvalue weighted by atomic mass is 35.5. The van der Waals surface area contributed by atoms with E-state index in [2.05, 4.69) is 30.4 Å². The van der Waals surface area contributed by atoms with E-state index in [-0.39, 0.29) is 10.6 Å². The summed E-state index contributed by atoms with van der Waals surface area (Å²) in [5.41, 5.74) is 0. The van der Waals surface area contributed by atoms with E-state index < -0.39 is 0 Å². The molecule has 90 valence electrons. The summed E-state index contributed by atoms with van der Waals surface area (Å²) in [6.07, 6.45) is 2.30. The first-order valence-electron chi connectivity index (χ1n) is 4.79. The topological polar surface area (TPSA) is 81.4 Å². The maximum absolute atomic E-state index is 5.63. The van der Waals surface area contributed by atoms with Gasteiger partial charge in [-0.2, -0.15) is 20.1 Å². The van der Waals surface area contributed by atoms with Crippen LogP contribution < -0.4 is 5.32 Å². The highest BCUT2D eigenvalue weighted by Gasteiger charge is 2.03. The van der Waals surface area contributed by atoms with Gasteiger partial charge in [0.15, 0.2) is 5.82 Å². The molecule has 7 nitrogen and oxygen atoms in total. The van der Waals surface area contributed by atoms with Crippen LogP contribution in [-0.2, 0) is 13.5 Å². The van der Waals surface area contributed by atoms with Gasteiger partial charge in [0.2, 0.25) is 16.5 Å². The summed E-state index contributed by atoms with van der Waals surface area (Å²) in [5, 5.41) is 7.22. The molecule has 0 aliphatic rings. The van der Waals surface area contributed by atoms with Gasteiger partial charge in [-0.15, -0.1) is 0 Å². The van der Waals surface area contributed by atoms with Crippen LogP contribution in [0.3, 0.4) is 0 Å². The second kappa shape index (κ2) is 5.24. The molecule has 2 aromatic heterocycles. The SMILES string of the molecule is Cn1cnc(CCNc2nc(Cl)nc(Cl)n2)n1. The van der Waals surface area contributed by atoms with Crippen LogP contribution in [0, 0.1) is 0 Å². The molecule has 0 aliphatic carbocycles. The van der Waals surface area contributed by atoms with E-state index >= 15 is 0 Å². The van der Waals surface area contributed by atoms with Gasteiger partial charge in [-0.25, -0.2) is 4.98 Å². The minimum Gasteiger partial charge on any atom is -0.354 e. The first-order chi connectivity index (χ1) is 8.13. The molecular weight excluding hydrogens is 265 g/mol. The second-order valence-electron chi connectivity index (χ2n) is 3.21. The average Bonchev–Trinajstić information content (AvgIpc) is 2.63. The Balaban J connectivity index is 1.89. The molecule has 0 saturated heterocycles. The molecule has 0 saturated carbocycles. The Morgan fingerprint density at radius 1 is 1.24 bits per heavy atom. The third-order valence-electron chi connectivity index (χ3n) is 1.86. The summed E-state index contributed by atoms with van der Waals surface area (Å²) in [7, 11) is 1.81. The normalized spacial score (nSPS) is 10.5. The lowest BCUT2D eigenvalue weighted by atomic mass is 10.4. The zero-order valence-electron chi connectivity index (χ0n) is 8.93. The summed E-state index contributed by atoms with van der Waals surface area (Å²) in [6.45, 7) is 0.584.